The minimum Gasteiger partial charge on any atom is -0.507 e. The molecule has 0 radical (unpaired) electrons. The number of phenols is 1. The van der Waals surface area contributed by atoms with Gasteiger partial charge in [-0.15, -0.1) is 0 Å². The van der Waals surface area contributed by atoms with Crippen molar-refractivity contribution in [1.29, 1.82) is 0 Å². The molecular formula is C31H24N2O2. The number of phenolic OH excluding ortho intramolecular Hbond substituents is 1. The summed E-state index contributed by atoms with van der Waals surface area (Å²) in [5.41, 5.74) is 10.7. The van der Waals surface area contributed by atoms with E-state index >= 15 is 0 Å². The molecule has 0 spiro atoms. The van der Waals surface area contributed by atoms with E-state index in [0.29, 0.717) is 11.5 Å². The lowest BCUT2D eigenvalue weighted by molar-refractivity contribution is 0.474. The molecule has 170 valence electrons. The predicted octanol–water partition coefficient (Wildman–Crippen LogP) is 8.01. The number of nitrogens with zero attached hydrogens (tertiary/aromatic N) is 2. The smallest absolute Gasteiger partial charge is 0.231 e. The van der Waals surface area contributed by atoms with Crippen molar-refractivity contribution in [2.24, 2.45) is 0 Å². The van der Waals surface area contributed by atoms with E-state index < -0.39 is 0 Å². The Kier molecular flexibility index (Phi) is 4.89. The highest BCUT2D eigenvalue weighted by Gasteiger charge is 2.18. The summed E-state index contributed by atoms with van der Waals surface area (Å²) in [6, 6.07) is 26.2. The fraction of sp³-hybridized carbons (Fsp3) is 0.0968. The van der Waals surface area contributed by atoms with Crippen LogP contribution in [-0.2, 0) is 0 Å². The van der Waals surface area contributed by atoms with Gasteiger partial charge in [0.1, 0.15) is 11.3 Å². The molecule has 2 heterocycles. The minimum atomic E-state index is 0.148. The number of fused-ring (bicyclic) bond motifs is 2. The van der Waals surface area contributed by atoms with Gasteiger partial charge in [-0.05, 0) is 72.9 Å². The van der Waals surface area contributed by atoms with Gasteiger partial charge in [-0.1, -0.05) is 54.6 Å². The van der Waals surface area contributed by atoms with E-state index in [1.54, 1.807) is 12.1 Å². The van der Waals surface area contributed by atoms with Gasteiger partial charge >= 0.3 is 0 Å². The number of para-hydroxylation sites is 2. The standard InChI is InChI=1S/C31H24N2O2/c1-18-15-21(24-9-6-8-23-19(2)13-14-32-28(23)24)17-22(16-18)25-12-11-20(3)30-29(25)33-31(35-30)26-7-4-5-10-27(26)34/h4-17,34H,1-3H3. The van der Waals surface area contributed by atoms with Gasteiger partial charge in [0.15, 0.2) is 5.58 Å². The summed E-state index contributed by atoms with van der Waals surface area (Å²) in [6.07, 6.45) is 1.87. The van der Waals surface area contributed by atoms with Crippen LogP contribution in [-0.4, -0.2) is 15.1 Å². The number of oxazole rings is 1. The summed E-state index contributed by atoms with van der Waals surface area (Å²) < 4.78 is 6.16. The Bertz CT molecular complexity index is 1750. The van der Waals surface area contributed by atoms with Gasteiger partial charge < -0.3 is 9.52 Å². The van der Waals surface area contributed by atoms with Gasteiger partial charge in [0, 0.05) is 22.7 Å². The van der Waals surface area contributed by atoms with Gasteiger partial charge in [0.25, 0.3) is 0 Å². The Labute approximate surface area is 203 Å². The molecule has 2 aromatic heterocycles. The zero-order valence-electron chi connectivity index (χ0n) is 19.8. The first-order chi connectivity index (χ1) is 17.0. The van der Waals surface area contributed by atoms with Crippen molar-refractivity contribution in [2.75, 3.05) is 0 Å². The lowest BCUT2D eigenvalue weighted by Gasteiger charge is -2.12. The molecule has 1 N–H and O–H groups in total. The van der Waals surface area contributed by atoms with Crippen molar-refractivity contribution >= 4 is 22.0 Å². The van der Waals surface area contributed by atoms with E-state index in [0.717, 1.165) is 55.4 Å². The van der Waals surface area contributed by atoms with Gasteiger partial charge in [0.2, 0.25) is 5.89 Å². The molecule has 4 nitrogen and oxygen atoms in total. The van der Waals surface area contributed by atoms with Crippen molar-refractivity contribution in [2.45, 2.75) is 20.8 Å². The lowest BCUT2D eigenvalue weighted by atomic mass is 9.94. The molecule has 0 bridgehead atoms. The molecule has 0 aliphatic rings. The van der Waals surface area contributed by atoms with Crippen LogP contribution in [0.4, 0.5) is 0 Å². The molecule has 35 heavy (non-hydrogen) atoms. The zero-order chi connectivity index (χ0) is 24.1. The Morgan fingerprint density at radius 1 is 0.686 bits per heavy atom. The summed E-state index contributed by atoms with van der Waals surface area (Å²) in [4.78, 5) is 9.54. The monoisotopic (exact) mass is 456 g/mol. The predicted molar refractivity (Wildman–Crippen MR) is 141 cm³/mol. The fourth-order valence-corrected chi connectivity index (χ4v) is 4.78. The van der Waals surface area contributed by atoms with Crippen LogP contribution in [0.1, 0.15) is 16.7 Å². The number of rotatable bonds is 3. The number of benzene rings is 4. The van der Waals surface area contributed by atoms with Gasteiger partial charge in [-0.2, -0.15) is 0 Å². The van der Waals surface area contributed by atoms with Crippen LogP contribution in [0.5, 0.6) is 5.75 Å². The van der Waals surface area contributed by atoms with Crippen molar-refractivity contribution in [1.82, 2.24) is 9.97 Å². The molecule has 6 rings (SSSR count). The van der Waals surface area contributed by atoms with Gasteiger partial charge in [0.05, 0.1) is 11.1 Å². The molecule has 0 unspecified atom stereocenters. The van der Waals surface area contributed by atoms with Crippen LogP contribution in [0, 0.1) is 20.8 Å². The van der Waals surface area contributed by atoms with Crippen LogP contribution >= 0.6 is 0 Å². The minimum absolute atomic E-state index is 0.148. The van der Waals surface area contributed by atoms with Gasteiger partial charge in [-0.25, -0.2) is 4.98 Å². The maximum Gasteiger partial charge on any atom is 0.231 e. The molecule has 4 aromatic carbocycles. The fourth-order valence-electron chi connectivity index (χ4n) is 4.78. The summed E-state index contributed by atoms with van der Waals surface area (Å²) >= 11 is 0. The molecule has 0 aliphatic heterocycles. The summed E-state index contributed by atoms with van der Waals surface area (Å²) in [6.45, 7) is 6.24. The molecule has 0 amide bonds. The normalized spacial score (nSPS) is 11.4. The van der Waals surface area contributed by atoms with Crippen LogP contribution in [0.25, 0.3) is 55.7 Å². The van der Waals surface area contributed by atoms with Crippen molar-refractivity contribution in [3.05, 3.63) is 102 Å². The molecule has 0 saturated heterocycles. The summed E-state index contributed by atoms with van der Waals surface area (Å²) in [5, 5.41) is 11.5. The first-order valence-electron chi connectivity index (χ1n) is 11.6. The molecule has 0 fully saturated rings. The number of hydrogen-bond acceptors (Lipinski definition) is 4. The molecule has 6 aromatic rings. The highest BCUT2D eigenvalue weighted by atomic mass is 16.3. The molecule has 0 atom stereocenters. The number of hydrogen-bond donors (Lipinski definition) is 1. The molecule has 0 saturated carbocycles. The Hall–Kier alpha value is -4.44. The van der Waals surface area contributed by atoms with Crippen molar-refractivity contribution in [3.8, 4) is 39.5 Å². The van der Waals surface area contributed by atoms with Crippen LogP contribution in [0.2, 0.25) is 0 Å². The van der Waals surface area contributed by atoms with Gasteiger partial charge in [-0.3, -0.25) is 4.98 Å². The number of aryl methyl sites for hydroxylation is 3. The van der Waals surface area contributed by atoms with Crippen LogP contribution in [0.3, 0.4) is 0 Å². The zero-order valence-corrected chi connectivity index (χ0v) is 19.8. The third kappa shape index (κ3) is 3.55. The lowest BCUT2D eigenvalue weighted by Crippen LogP contribution is -1.90. The van der Waals surface area contributed by atoms with Crippen LogP contribution in [0.15, 0.2) is 89.5 Å². The SMILES string of the molecule is Cc1cc(-c2cccc3c(C)ccnc23)cc(-c2ccc(C)c3oc(-c4ccccc4O)nc23)c1. The number of aromatic nitrogens is 2. The average Bonchev–Trinajstić information content (AvgIpc) is 3.30. The second-order valence-electron chi connectivity index (χ2n) is 9.06. The van der Waals surface area contributed by atoms with E-state index in [2.05, 4.69) is 62.4 Å². The van der Waals surface area contributed by atoms with E-state index in [-0.39, 0.29) is 5.75 Å². The quantitative estimate of drug-likeness (QED) is 0.293. The summed E-state index contributed by atoms with van der Waals surface area (Å²) in [5.74, 6) is 0.560. The van der Waals surface area contributed by atoms with Crippen LogP contribution < -0.4 is 0 Å². The second-order valence-corrected chi connectivity index (χ2v) is 9.06. The first-order valence-corrected chi connectivity index (χ1v) is 11.6. The van der Waals surface area contributed by atoms with E-state index in [1.165, 1.54) is 5.56 Å². The maximum absolute atomic E-state index is 10.3. The first kappa shape index (κ1) is 21.1. The summed E-state index contributed by atoms with van der Waals surface area (Å²) in [7, 11) is 0. The largest absolute Gasteiger partial charge is 0.507 e. The molecular weight excluding hydrogens is 432 g/mol. The topological polar surface area (TPSA) is 59.2 Å². The van der Waals surface area contributed by atoms with E-state index in [9.17, 15) is 5.11 Å². The third-order valence-electron chi connectivity index (χ3n) is 6.56. The van der Waals surface area contributed by atoms with Crippen molar-refractivity contribution < 1.29 is 9.52 Å². The van der Waals surface area contributed by atoms with E-state index in [4.69, 9.17) is 14.4 Å². The number of aromatic hydroxyl groups is 1. The average molecular weight is 457 g/mol. The Balaban J connectivity index is 1.56. The highest BCUT2D eigenvalue weighted by Crippen LogP contribution is 2.38. The highest BCUT2D eigenvalue weighted by molar-refractivity contribution is 5.98. The maximum atomic E-state index is 10.3. The number of pyridine rings is 1. The third-order valence-corrected chi connectivity index (χ3v) is 6.56. The second kappa shape index (κ2) is 8.10. The van der Waals surface area contributed by atoms with Crippen molar-refractivity contribution in [3.63, 3.8) is 0 Å². The molecule has 0 aliphatic carbocycles. The Morgan fingerprint density at radius 2 is 1.43 bits per heavy atom. The Morgan fingerprint density at radius 3 is 2.23 bits per heavy atom. The molecule has 4 heteroatoms. The van der Waals surface area contributed by atoms with E-state index in [1.807, 2.05) is 31.3 Å².